The molecule has 1 aliphatic heterocycles. The van der Waals surface area contributed by atoms with Gasteiger partial charge in [0.25, 0.3) is 0 Å². The zero-order valence-corrected chi connectivity index (χ0v) is 17.1. The molecule has 0 spiro atoms. The zero-order chi connectivity index (χ0) is 16.1. The number of hydrogen-bond donors (Lipinski definition) is 1. The summed E-state index contributed by atoms with van der Waals surface area (Å²) in [6.45, 7) is 2.74. The van der Waals surface area contributed by atoms with Crippen LogP contribution in [0.3, 0.4) is 0 Å². The third kappa shape index (κ3) is 4.60. The number of benzene rings is 1. The quantitative estimate of drug-likeness (QED) is 0.434. The van der Waals surface area contributed by atoms with Gasteiger partial charge in [0.15, 0.2) is 5.96 Å². The topological polar surface area (TPSA) is 49.8 Å². The Bertz CT molecular complexity index is 645. The maximum atomic E-state index is 5.23. The Morgan fingerprint density at radius 1 is 1.42 bits per heavy atom. The first-order valence-corrected chi connectivity index (χ1v) is 8.66. The van der Waals surface area contributed by atoms with Gasteiger partial charge in [0.05, 0.1) is 13.7 Å². The minimum atomic E-state index is 0. The highest BCUT2D eigenvalue weighted by Gasteiger charge is 2.26. The summed E-state index contributed by atoms with van der Waals surface area (Å²) < 4.78 is 5.23. The highest BCUT2D eigenvalue weighted by Crippen LogP contribution is 2.28. The normalized spacial score (nSPS) is 17.5. The van der Waals surface area contributed by atoms with Gasteiger partial charge in [-0.2, -0.15) is 0 Å². The van der Waals surface area contributed by atoms with E-state index in [2.05, 4.69) is 32.3 Å². The molecule has 2 aromatic rings. The first-order chi connectivity index (χ1) is 11.3. The van der Waals surface area contributed by atoms with Crippen molar-refractivity contribution in [3.8, 4) is 5.75 Å². The van der Waals surface area contributed by atoms with Gasteiger partial charge in [-0.05, 0) is 24.1 Å². The fourth-order valence-corrected chi connectivity index (χ4v) is 3.48. The van der Waals surface area contributed by atoms with E-state index < -0.39 is 0 Å². The van der Waals surface area contributed by atoms with E-state index in [1.165, 1.54) is 5.56 Å². The van der Waals surface area contributed by atoms with Crippen molar-refractivity contribution in [2.45, 2.75) is 18.9 Å². The van der Waals surface area contributed by atoms with Crippen molar-refractivity contribution in [2.24, 2.45) is 4.99 Å². The Balaban J connectivity index is 0.00000208. The number of guanidine groups is 1. The fourth-order valence-electron chi connectivity index (χ4n) is 2.93. The van der Waals surface area contributed by atoms with Crippen molar-refractivity contribution in [2.75, 3.05) is 27.2 Å². The Morgan fingerprint density at radius 2 is 2.21 bits per heavy atom. The van der Waals surface area contributed by atoms with Crippen LogP contribution in [-0.2, 0) is 6.54 Å². The van der Waals surface area contributed by atoms with Gasteiger partial charge in [0.1, 0.15) is 10.8 Å². The van der Waals surface area contributed by atoms with Crippen molar-refractivity contribution >= 4 is 41.3 Å². The van der Waals surface area contributed by atoms with E-state index in [4.69, 9.17) is 4.74 Å². The lowest BCUT2D eigenvalue weighted by atomic mass is 9.98. The van der Waals surface area contributed by atoms with Gasteiger partial charge >= 0.3 is 0 Å². The summed E-state index contributed by atoms with van der Waals surface area (Å²) in [5, 5.41) is 6.48. The number of aliphatic imine (C=N–C) groups is 1. The van der Waals surface area contributed by atoms with Crippen LogP contribution in [0.1, 0.15) is 22.9 Å². The van der Waals surface area contributed by atoms with Gasteiger partial charge < -0.3 is 15.0 Å². The lowest BCUT2D eigenvalue weighted by molar-refractivity contribution is 0.414. The van der Waals surface area contributed by atoms with Crippen molar-refractivity contribution in [3.05, 3.63) is 46.4 Å². The molecule has 1 N–H and O–H groups in total. The summed E-state index contributed by atoms with van der Waals surface area (Å²) in [6, 6.07) is 8.40. The molecule has 5 nitrogen and oxygen atoms in total. The maximum Gasteiger partial charge on any atom is 0.194 e. The highest BCUT2D eigenvalue weighted by atomic mass is 127. The summed E-state index contributed by atoms with van der Waals surface area (Å²) in [5.74, 6) is 2.40. The van der Waals surface area contributed by atoms with Crippen LogP contribution in [0, 0.1) is 0 Å². The third-order valence-electron chi connectivity index (χ3n) is 4.17. The Labute approximate surface area is 164 Å². The lowest BCUT2D eigenvalue weighted by Crippen LogP contribution is -2.39. The van der Waals surface area contributed by atoms with Gasteiger partial charge in [-0.15, -0.1) is 35.3 Å². The molecule has 1 aliphatic rings. The fraction of sp³-hybridized carbons (Fsp3) is 0.412. The second-order valence-corrected chi connectivity index (χ2v) is 6.51. The van der Waals surface area contributed by atoms with Crippen LogP contribution < -0.4 is 10.1 Å². The molecule has 1 fully saturated rings. The minimum absolute atomic E-state index is 0. The minimum Gasteiger partial charge on any atom is -0.497 e. The number of methoxy groups -OCH3 is 1. The SMILES string of the molecule is CN=C(NCc1nccs1)N1CCC(c2ccc(OC)cc2)C1.I. The van der Waals surface area contributed by atoms with E-state index in [1.54, 1.807) is 18.4 Å². The number of hydrogen-bond acceptors (Lipinski definition) is 4. The van der Waals surface area contributed by atoms with Crippen LogP contribution in [0.4, 0.5) is 0 Å². The summed E-state index contributed by atoms with van der Waals surface area (Å²) in [6.07, 6.45) is 2.98. The summed E-state index contributed by atoms with van der Waals surface area (Å²) in [5.41, 5.74) is 1.36. The van der Waals surface area contributed by atoms with Gasteiger partial charge in [-0.3, -0.25) is 4.99 Å². The van der Waals surface area contributed by atoms with Crippen molar-refractivity contribution in [1.82, 2.24) is 15.2 Å². The van der Waals surface area contributed by atoms with E-state index in [-0.39, 0.29) is 24.0 Å². The largest absolute Gasteiger partial charge is 0.497 e. The molecule has 0 bridgehead atoms. The highest BCUT2D eigenvalue weighted by molar-refractivity contribution is 14.0. The smallest absolute Gasteiger partial charge is 0.194 e. The average molecular weight is 458 g/mol. The zero-order valence-electron chi connectivity index (χ0n) is 13.9. The van der Waals surface area contributed by atoms with E-state index in [1.807, 2.05) is 30.8 Å². The molecule has 0 saturated carbocycles. The standard InChI is InChI=1S/C17H22N4OS.HI/c1-18-17(20-11-16-19-8-10-23-16)21-9-7-14(12-21)13-3-5-15(22-2)6-4-13;/h3-6,8,10,14H,7,9,11-12H2,1-2H3,(H,18,20);1H. The van der Waals surface area contributed by atoms with E-state index in [0.29, 0.717) is 5.92 Å². The first kappa shape index (κ1) is 19.0. The Hall–Kier alpha value is -1.35. The predicted molar refractivity (Wildman–Crippen MR) is 110 cm³/mol. The summed E-state index contributed by atoms with van der Waals surface area (Å²) >= 11 is 1.66. The molecule has 1 saturated heterocycles. The van der Waals surface area contributed by atoms with E-state index >= 15 is 0 Å². The van der Waals surface area contributed by atoms with E-state index in [9.17, 15) is 0 Å². The van der Waals surface area contributed by atoms with Gasteiger partial charge in [0, 0.05) is 37.6 Å². The number of nitrogens with zero attached hydrogens (tertiary/aromatic N) is 3. The third-order valence-corrected chi connectivity index (χ3v) is 4.95. The number of nitrogens with one attached hydrogen (secondary N) is 1. The van der Waals surface area contributed by atoms with Gasteiger partial charge in [0.2, 0.25) is 0 Å². The molecule has 24 heavy (non-hydrogen) atoms. The molecular formula is C17H23IN4OS. The van der Waals surface area contributed by atoms with Crippen molar-refractivity contribution in [3.63, 3.8) is 0 Å². The molecular weight excluding hydrogens is 435 g/mol. The van der Waals surface area contributed by atoms with Crippen LogP contribution in [0.2, 0.25) is 0 Å². The van der Waals surface area contributed by atoms with Crippen LogP contribution in [0.15, 0.2) is 40.8 Å². The molecule has 0 amide bonds. The van der Waals surface area contributed by atoms with Crippen molar-refractivity contribution in [1.29, 1.82) is 0 Å². The average Bonchev–Trinajstić information content (AvgIpc) is 3.27. The molecule has 3 rings (SSSR count). The predicted octanol–water partition coefficient (Wildman–Crippen LogP) is 3.33. The van der Waals surface area contributed by atoms with Crippen molar-refractivity contribution < 1.29 is 4.74 Å². The van der Waals surface area contributed by atoms with Crippen LogP contribution >= 0.6 is 35.3 Å². The molecule has 1 unspecified atom stereocenters. The van der Waals surface area contributed by atoms with Crippen LogP contribution in [0.5, 0.6) is 5.75 Å². The van der Waals surface area contributed by atoms with Crippen LogP contribution in [-0.4, -0.2) is 43.1 Å². The molecule has 2 heterocycles. The number of likely N-dealkylation sites (tertiary alicyclic amines) is 1. The Kier molecular flexibility index (Phi) is 7.29. The Morgan fingerprint density at radius 3 is 2.83 bits per heavy atom. The molecule has 0 aliphatic carbocycles. The molecule has 0 radical (unpaired) electrons. The number of halogens is 1. The number of thiazole rings is 1. The second-order valence-electron chi connectivity index (χ2n) is 5.53. The number of ether oxygens (including phenoxy) is 1. The van der Waals surface area contributed by atoms with Gasteiger partial charge in [-0.25, -0.2) is 4.98 Å². The summed E-state index contributed by atoms with van der Waals surface area (Å²) in [7, 11) is 3.54. The van der Waals surface area contributed by atoms with Gasteiger partial charge in [-0.1, -0.05) is 12.1 Å². The molecule has 130 valence electrons. The van der Waals surface area contributed by atoms with Crippen LogP contribution in [0.25, 0.3) is 0 Å². The second kappa shape index (κ2) is 9.22. The monoisotopic (exact) mass is 458 g/mol. The molecule has 7 heteroatoms. The number of rotatable bonds is 4. The molecule has 1 aromatic heterocycles. The lowest BCUT2D eigenvalue weighted by Gasteiger charge is -2.21. The summed E-state index contributed by atoms with van der Waals surface area (Å²) in [4.78, 5) is 11.0. The first-order valence-electron chi connectivity index (χ1n) is 7.78. The maximum absolute atomic E-state index is 5.23. The van der Waals surface area contributed by atoms with E-state index in [0.717, 1.165) is 42.8 Å². The number of aromatic nitrogens is 1. The molecule has 1 aromatic carbocycles. The molecule has 1 atom stereocenters.